The zero-order valence-electron chi connectivity index (χ0n) is 8.12. The van der Waals surface area contributed by atoms with E-state index >= 15 is 0 Å². The standard InChI is InChI=1S/C10H14N2O2/c1-13-8-3-2-6-7(11)4-5-14-10(6)9(8)12/h2-3,7H,4-5,11-12H2,1H3. The van der Waals surface area contributed by atoms with Crippen LogP contribution in [0, 0.1) is 0 Å². The summed E-state index contributed by atoms with van der Waals surface area (Å²) in [5, 5.41) is 0. The van der Waals surface area contributed by atoms with Crippen LogP contribution in [0.25, 0.3) is 0 Å². The quantitative estimate of drug-likeness (QED) is 0.656. The second-order valence-corrected chi connectivity index (χ2v) is 3.34. The van der Waals surface area contributed by atoms with E-state index in [9.17, 15) is 0 Å². The van der Waals surface area contributed by atoms with Crippen LogP contribution >= 0.6 is 0 Å². The molecule has 4 N–H and O–H groups in total. The molecule has 4 heteroatoms. The number of hydrogen-bond donors (Lipinski definition) is 2. The molecular weight excluding hydrogens is 180 g/mol. The first-order valence-corrected chi connectivity index (χ1v) is 4.58. The van der Waals surface area contributed by atoms with Crippen LogP contribution in [0.3, 0.4) is 0 Å². The Bertz CT molecular complexity index is 352. The summed E-state index contributed by atoms with van der Waals surface area (Å²) in [5.74, 6) is 1.32. The normalized spacial score (nSPS) is 19.7. The third-order valence-electron chi connectivity index (χ3n) is 2.48. The maximum atomic E-state index is 5.93. The van der Waals surface area contributed by atoms with E-state index in [0.717, 1.165) is 12.0 Å². The molecule has 0 radical (unpaired) electrons. The third kappa shape index (κ3) is 1.28. The van der Waals surface area contributed by atoms with E-state index in [4.69, 9.17) is 20.9 Å². The molecule has 2 rings (SSSR count). The zero-order chi connectivity index (χ0) is 10.1. The lowest BCUT2D eigenvalue weighted by molar-refractivity contribution is 0.269. The van der Waals surface area contributed by atoms with Gasteiger partial charge < -0.3 is 20.9 Å². The molecule has 0 saturated carbocycles. The Labute approximate surface area is 82.8 Å². The summed E-state index contributed by atoms with van der Waals surface area (Å²) in [5.41, 5.74) is 13.3. The first-order chi connectivity index (χ1) is 6.74. The molecule has 14 heavy (non-hydrogen) atoms. The molecule has 0 bridgehead atoms. The van der Waals surface area contributed by atoms with E-state index in [1.807, 2.05) is 12.1 Å². The molecule has 0 fully saturated rings. The van der Waals surface area contributed by atoms with Gasteiger partial charge in [0.2, 0.25) is 0 Å². The van der Waals surface area contributed by atoms with Gasteiger partial charge in [0.1, 0.15) is 11.4 Å². The molecule has 1 aromatic rings. The summed E-state index contributed by atoms with van der Waals surface area (Å²) in [6.45, 7) is 0.617. The molecule has 76 valence electrons. The van der Waals surface area contributed by atoms with Crippen LogP contribution in [-0.4, -0.2) is 13.7 Å². The van der Waals surface area contributed by atoms with Crippen LogP contribution in [0.15, 0.2) is 12.1 Å². The number of rotatable bonds is 1. The molecule has 0 saturated heterocycles. The number of anilines is 1. The number of benzene rings is 1. The smallest absolute Gasteiger partial charge is 0.150 e. The predicted molar refractivity (Wildman–Crippen MR) is 54.4 cm³/mol. The van der Waals surface area contributed by atoms with Crippen molar-refractivity contribution in [3.63, 3.8) is 0 Å². The van der Waals surface area contributed by atoms with Crippen molar-refractivity contribution < 1.29 is 9.47 Å². The molecule has 4 nitrogen and oxygen atoms in total. The lowest BCUT2D eigenvalue weighted by Crippen LogP contribution is -2.21. The SMILES string of the molecule is COc1ccc2c(c1N)OCCC2N. The van der Waals surface area contributed by atoms with E-state index < -0.39 is 0 Å². The highest BCUT2D eigenvalue weighted by Crippen LogP contribution is 2.40. The molecular formula is C10H14N2O2. The number of fused-ring (bicyclic) bond motifs is 1. The number of methoxy groups -OCH3 is 1. The maximum absolute atomic E-state index is 5.93. The van der Waals surface area contributed by atoms with Crippen LogP contribution < -0.4 is 20.9 Å². The number of hydrogen-bond acceptors (Lipinski definition) is 4. The van der Waals surface area contributed by atoms with Crippen molar-refractivity contribution in [1.82, 2.24) is 0 Å². The molecule has 1 unspecified atom stereocenters. The van der Waals surface area contributed by atoms with Crippen LogP contribution in [0.2, 0.25) is 0 Å². The van der Waals surface area contributed by atoms with Gasteiger partial charge in [-0.1, -0.05) is 0 Å². The fourth-order valence-corrected chi connectivity index (χ4v) is 1.67. The largest absolute Gasteiger partial charge is 0.494 e. The van der Waals surface area contributed by atoms with Crippen molar-refractivity contribution in [2.45, 2.75) is 12.5 Å². The molecule has 0 aliphatic carbocycles. The van der Waals surface area contributed by atoms with Crippen LogP contribution in [-0.2, 0) is 0 Å². The monoisotopic (exact) mass is 194 g/mol. The van der Waals surface area contributed by atoms with Crippen molar-refractivity contribution in [1.29, 1.82) is 0 Å². The van der Waals surface area contributed by atoms with Crippen LogP contribution in [0.1, 0.15) is 18.0 Å². The fraction of sp³-hybridized carbons (Fsp3) is 0.400. The Morgan fingerprint density at radius 1 is 1.50 bits per heavy atom. The first kappa shape index (κ1) is 9.15. The van der Waals surface area contributed by atoms with Crippen molar-refractivity contribution in [3.8, 4) is 11.5 Å². The van der Waals surface area contributed by atoms with Gasteiger partial charge in [-0.3, -0.25) is 0 Å². The number of nitrogens with two attached hydrogens (primary N) is 2. The highest BCUT2D eigenvalue weighted by atomic mass is 16.5. The fourth-order valence-electron chi connectivity index (χ4n) is 1.67. The summed E-state index contributed by atoms with van der Waals surface area (Å²) in [6.07, 6.45) is 0.832. The number of nitrogen functional groups attached to an aromatic ring is 1. The van der Waals surface area contributed by atoms with Gasteiger partial charge in [-0.15, -0.1) is 0 Å². The summed E-state index contributed by atoms with van der Waals surface area (Å²) in [6, 6.07) is 3.75. The van der Waals surface area contributed by atoms with E-state index in [-0.39, 0.29) is 6.04 Å². The second-order valence-electron chi connectivity index (χ2n) is 3.34. The molecule has 1 aromatic carbocycles. The van der Waals surface area contributed by atoms with E-state index in [1.54, 1.807) is 7.11 Å². The van der Waals surface area contributed by atoms with Gasteiger partial charge in [0.05, 0.1) is 13.7 Å². The highest BCUT2D eigenvalue weighted by Gasteiger charge is 2.21. The molecule has 0 aromatic heterocycles. The van der Waals surface area contributed by atoms with Crippen LogP contribution in [0.4, 0.5) is 5.69 Å². The van der Waals surface area contributed by atoms with Gasteiger partial charge in [0.25, 0.3) is 0 Å². The van der Waals surface area contributed by atoms with Crippen molar-refractivity contribution >= 4 is 5.69 Å². The minimum absolute atomic E-state index is 0.0203. The molecule has 1 heterocycles. The summed E-state index contributed by atoms with van der Waals surface area (Å²) < 4.78 is 10.6. The van der Waals surface area contributed by atoms with Crippen molar-refractivity contribution in [3.05, 3.63) is 17.7 Å². The average Bonchev–Trinajstić information content (AvgIpc) is 2.20. The van der Waals surface area contributed by atoms with E-state index in [2.05, 4.69) is 0 Å². The molecule has 1 aliphatic rings. The number of ether oxygens (including phenoxy) is 2. The lowest BCUT2D eigenvalue weighted by atomic mass is 10.0. The molecule has 0 amide bonds. The minimum atomic E-state index is 0.0203. The van der Waals surface area contributed by atoms with Crippen molar-refractivity contribution in [2.24, 2.45) is 5.73 Å². The van der Waals surface area contributed by atoms with Gasteiger partial charge in [-0.25, -0.2) is 0 Å². The summed E-state index contributed by atoms with van der Waals surface area (Å²) in [7, 11) is 1.58. The van der Waals surface area contributed by atoms with Gasteiger partial charge in [0.15, 0.2) is 5.75 Å². The highest BCUT2D eigenvalue weighted by molar-refractivity contribution is 5.66. The molecule has 0 spiro atoms. The Kier molecular flexibility index (Phi) is 2.21. The lowest BCUT2D eigenvalue weighted by Gasteiger charge is -2.24. The summed E-state index contributed by atoms with van der Waals surface area (Å²) in [4.78, 5) is 0. The van der Waals surface area contributed by atoms with Gasteiger partial charge in [0, 0.05) is 18.0 Å². The molecule has 1 atom stereocenters. The third-order valence-corrected chi connectivity index (χ3v) is 2.48. The Hall–Kier alpha value is -1.42. The maximum Gasteiger partial charge on any atom is 0.150 e. The van der Waals surface area contributed by atoms with Gasteiger partial charge >= 0.3 is 0 Å². The Balaban J connectivity index is 2.52. The average molecular weight is 194 g/mol. The minimum Gasteiger partial charge on any atom is -0.494 e. The predicted octanol–water partition coefficient (Wildman–Crippen LogP) is 1.06. The van der Waals surface area contributed by atoms with Gasteiger partial charge in [-0.2, -0.15) is 0 Å². The summed E-state index contributed by atoms with van der Waals surface area (Å²) >= 11 is 0. The first-order valence-electron chi connectivity index (χ1n) is 4.58. The van der Waals surface area contributed by atoms with Crippen molar-refractivity contribution in [2.75, 3.05) is 19.5 Å². The van der Waals surface area contributed by atoms with E-state index in [0.29, 0.717) is 23.8 Å². The Morgan fingerprint density at radius 2 is 2.29 bits per heavy atom. The van der Waals surface area contributed by atoms with Gasteiger partial charge in [-0.05, 0) is 12.1 Å². The second kappa shape index (κ2) is 3.38. The molecule has 1 aliphatic heterocycles. The Morgan fingerprint density at radius 3 is 3.00 bits per heavy atom. The topological polar surface area (TPSA) is 70.5 Å². The van der Waals surface area contributed by atoms with E-state index in [1.165, 1.54) is 0 Å². The zero-order valence-corrected chi connectivity index (χ0v) is 8.12. The van der Waals surface area contributed by atoms with Crippen LogP contribution in [0.5, 0.6) is 11.5 Å².